The molecule has 0 spiro atoms. The number of hydrogen-bond acceptors (Lipinski definition) is 3. The van der Waals surface area contributed by atoms with Gasteiger partial charge in [0.1, 0.15) is 9.23 Å². The van der Waals surface area contributed by atoms with Crippen molar-refractivity contribution in [2.24, 2.45) is 0 Å². The summed E-state index contributed by atoms with van der Waals surface area (Å²) in [5.41, 5.74) is 2.38. The van der Waals surface area contributed by atoms with Gasteiger partial charge in [0, 0.05) is 6.04 Å². The molecule has 7 heteroatoms. The largest absolute Gasteiger partial charge is 0.243 e. The number of benzene rings is 1. The van der Waals surface area contributed by atoms with Crippen molar-refractivity contribution in [3.63, 3.8) is 0 Å². The van der Waals surface area contributed by atoms with E-state index in [1.54, 1.807) is 0 Å². The van der Waals surface area contributed by atoms with E-state index in [1.807, 2.05) is 24.3 Å². The van der Waals surface area contributed by atoms with Gasteiger partial charge in [-0.25, -0.2) is 13.1 Å². The van der Waals surface area contributed by atoms with E-state index in [4.69, 9.17) is 23.2 Å². The molecule has 1 aromatic heterocycles. The van der Waals surface area contributed by atoms with Gasteiger partial charge < -0.3 is 0 Å². The van der Waals surface area contributed by atoms with Gasteiger partial charge in [-0.1, -0.05) is 47.5 Å². The molecule has 0 saturated heterocycles. The Balaban J connectivity index is 1.81. The highest BCUT2D eigenvalue weighted by Gasteiger charge is 2.28. The molecule has 1 N–H and O–H groups in total. The number of thiophene rings is 1. The van der Waals surface area contributed by atoms with Gasteiger partial charge in [-0.15, -0.1) is 11.3 Å². The predicted octanol–water partition coefficient (Wildman–Crippen LogP) is 3.50. The molecule has 20 heavy (non-hydrogen) atoms. The van der Waals surface area contributed by atoms with E-state index in [9.17, 15) is 8.42 Å². The van der Waals surface area contributed by atoms with Gasteiger partial charge in [0.15, 0.2) is 0 Å². The fraction of sp³-hybridized carbons (Fsp3) is 0.231. The second-order valence-corrected chi connectivity index (χ2v) is 8.65. The molecule has 1 aliphatic carbocycles. The van der Waals surface area contributed by atoms with Crippen molar-refractivity contribution in [3.8, 4) is 0 Å². The second kappa shape index (κ2) is 5.31. The SMILES string of the molecule is O=S(=O)(NC1Cc2ccccc2C1)c1cc(Cl)sc1Cl. The van der Waals surface area contributed by atoms with Crippen LogP contribution < -0.4 is 4.72 Å². The average molecular weight is 348 g/mol. The Morgan fingerprint density at radius 3 is 2.25 bits per heavy atom. The summed E-state index contributed by atoms with van der Waals surface area (Å²) in [6.07, 6.45) is 1.40. The van der Waals surface area contributed by atoms with Crippen LogP contribution in [0.4, 0.5) is 0 Å². The first-order valence-corrected chi connectivity index (χ1v) is 9.05. The Kier molecular flexibility index (Phi) is 3.81. The average Bonchev–Trinajstić information content (AvgIpc) is 2.91. The number of fused-ring (bicyclic) bond motifs is 1. The van der Waals surface area contributed by atoms with E-state index in [2.05, 4.69) is 4.72 Å². The fourth-order valence-electron chi connectivity index (χ4n) is 2.43. The lowest BCUT2D eigenvalue weighted by Gasteiger charge is -2.11. The van der Waals surface area contributed by atoms with Gasteiger partial charge in [0.2, 0.25) is 10.0 Å². The third-order valence-corrected chi connectivity index (χ3v) is 6.56. The van der Waals surface area contributed by atoms with Crippen molar-refractivity contribution >= 4 is 44.6 Å². The van der Waals surface area contributed by atoms with Crippen molar-refractivity contribution in [3.05, 3.63) is 50.1 Å². The van der Waals surface area contributed by atoms with E-state index in [-0.39, 0.29) is 15.3 Å². The van der Waals surface area contributed by atoms with Gasteiger partial charge >= 0.3 is 0 Å². The van der Waals surface area contributed by atoms with Gasteiger partial charge in [0.25, 0.3) is 0 Å². The number of hydrogen-bond donors (Lipinski definition) is 1. The predicted molar refractivity (Wildman–Crippen MR) is 82.3 cm³/mol. The lowest BCUT2D eigenvalue weighted by molar-refractivity contribution is 0.556. The molecule has 0 amide bonds. The molecule has 1 aliphatic rings. The molecular formula is C13H11Cl2NO2S2. The summed E-state index contributed by atoms with van der Waals surface area (Å²) in [6, 6.07) is 9.23. The lowest BCUT2D eigenvalue weighted by Crippen LogP contribution is -2.35. The van der Waals surface area contributed by atoms with Crippen LogP contribution in [0.25, 0.3) is 0 Å². The van der Waals surface area contributed by atoms with E-state index < -0.39 is 10.0 Å². The topological polar surface area (TPSA) is 46.2 Å². The van der Waals surface area contributed by atoms with E-state index in [1.165, 1.54) is 17.2 Å². The molecule has 0 radical (unpaired) electrons. The van der Waals surface area contributed by atoms with Crippen molar-refractivity contribution < 1.29 is 8.42 Å². The van der Waals surface area contributed by atoms with Crippen LogP contribution in [0, 0.1) is 0 Å². The first kappa shape index (κ1) is 14.4. The normalized spacial score (nSPS) is 15.5. The Labute approximate surface area is 131 Å². The van der Waals surface area contributed by atoms with Gasteiger partial charge in [0.05, 0.1) is 4.34 Å². The van der Waals surface area contributed by atoms with Gasteiger partial charge in [-0.2, -0.15) is 0 Å². The minimum absolute atomic E-state index is 0.0603. The summed E-state index contributed by atoms with van der Waals surface area (Å²) in [5.74, 6) is 0. The third kappa shape index (κ3) is 2.73. The van der Waals surface area contributed by atoms with Crippen molar-refractivity contribution in [1.29, 1.82) is 0 Å². The zero-order valence-corrected chi connectivity index (χ0v) is 13.4. The first-order chi connectivity index (χ1) is 9.45. The molecule has 1 heterocycles. The van der Waals surface area contributed by atoms with E-state index in [0.717, 1.165) is 11.3 Å². The van der Waals surface area contributed by atoms with Gasteiger partial charge in [-0.05, 0) is 30.0 Å². The first-order valence-electron chi connectivity index (χ1n) is 5.99. The summed E-state index contributed by atoms with van der Waals surface area (Å²) >= 11 is 12.8. The number of rotatable bonds is 3. The molecule has 0 aliphatic heterocycles. The molecule has 1 aromatic carbocycles. The summed E-state index contributed by atoms with van der Waals surface area (Å²) in [4.78, 5) is 0.0603. The van der Waals surface area contributed by atoms with Crippen LogP contribution >= 0.6 is 34.5 Å². The minimum atomic E-state index is -3.63. The highest BCUT2D eigenvalue weighted by atomic mass is 35.5. The van der Waals surface area contributed by atoms with Crippen LogP contribution in [0.2, 0.25) is 8.67 Å². The Morgan fingerprint density at radius 2 is 1.75 bits per heavy atom. The summed E-state index contributed by atoms with van der Waals surface area (Å²) < 4.78 is 27.9. The second-order valence-electron chi connectivity index (χ2n) is 4.68. The van der Waals surface area contributed by atoms with Crippen molar-refractivity contribution in [2.45, 2.75) is 23.8 Å². The maximum absolute atomic E-state index is 12.3. The zero-order chi connectivity index (χ0) is 14.3. The highest BCUT2D eigenvalue weighted by molar-refractivity contribution is 7.89. The van der Waals surface area contributed by atoms with Crippen LogP contribution in [-0.2, 0) is 22.9 Å². The minimum Gasteiger partial charge on any atom is -0.207 e. The molecular weight excluding hydrogens is 337 g/mol. The molecule has 106 valence electrons. The molecule has 2 aromatic rings. The van der Waals surface area contributed by atoms with Crippen molar-refractivity contribution in [2.75, 3.05) is 0 Å². The zero-order valence-electron chi connectivity index (χ0n) is 10.3. The maximum Gasteiger partial charge on any atom is 0.243 e. The quantitative estimate of drug-likeness (QED) is 0.923. The molecule has 3 rings (SSSR count). The summed E-state index contributed by atoms with van der Waals surface area (Å²) in [5, 5.41) is 0. The fourth-order valence-corrected chi connectivity index (χ4v) is 5.82. The van der Waals surface area contributed by atoms with Crippen LogP contribution in [0.5, 0.6) is 0 Å². The standard InChI is InChI=1S/C13H11Cl2NO2S2/c14-12-7-11(13(15)19-12)20(17,18)16-10-5-8-3-1-2-4-9(8)6-10/h1-4,7,10,16H,5-6H2. The molecule has 0 fully saturated rings. The lowest BCUT2D eigenvalue weighted by atomic mass is 10.1. The monoisotopic (exact) mass is 347 g/mol. The van der Waals surface area contributed by atoms with Crippen molar-refractivity contribution in [1.82, 2.24) is 4.72 Å². The smallest absolute Gasteiger partial charge is 0.207 e. The molecule has 0 bridgehead atoms. The Morgan fingerprint density at radius 1 is 1.15 bits per heavy atom. The maximum atomic E-state index is 12.3. The number of sulfonamides is 1. The van der Waals surface area contributed by atoms with Crippen LogP contribution in [0.15, 0.2) is 35.2 Å². The van der Waals surface area contributed by atoms with Crippen LogP contribution in [0.3, 0.4) is 0 Å². The number of halogens is 2. The highest BCUT2D eigenvalue weighted by Crippen LogP contribution is 2.34. The van der Waals surface area contributed by atoms with Crippen LogP contribution in [0.1, 0.15) is 11.1 Å². The van der Waals surface area contributed by atoms with E-state index in [0.29, 0.717) is 17.2 Å². The molecule has 0 unspecified atom stereocenters. The van der Waals surface area contributed by atoms with Gasteiger partial charge in [-0.3, -0.25) is 0 Å². The summed E-state index contributed by atoms with van der Waals surface area (Å²) in [6.45, 7) is 0. The molecule has 0 atom stereocenters. The Hall–Kier alpha value is -0.590. The number of nitrogens with one attached hydrogen (secondary N) is 1. The molecule has 0 saturated carbocycles. The van der Waals surface area contributed by atoms with E-state index >= 15 is 0 Å². The third-order valence-electron chi connectivity index (χ3n) is 3.29. The Bertz CT molecular complexity index is 730. The van der Waals surface area contributed by atoms with Crippen LogP contribution in [-0.4, -0.2) is 14.5 Å². The molecule has 3 nitrogen and oxygen atoms in total. The summed E-state index contributed by atoms with van der Waals surface area (Å²) in [7, 11) is -3.63.